The van der Waals surface area contributed by atoms with Gasteiger partial charge in [0, 0.05) is 18.8 Å². The average Bonchev–Trinajstić information content (AvgIpc) is 3.19. The first kappa shape index (κ1) is 13.7. The van der Waals surface area contributed by atoms with Crippen molar-refractivity contribution in [1.29, 1.82) is 0 Å². The van der Waals surface area contributed by atoms with Gasteiger partial charge in [0.1, 0.15) is 0 Å². The molecule has 0 saturated heterocycles. The number of amides is 2. The van der Waals surface area contributed by atoms with Gasteiger partial charge >= 0.3 is 6.03 Å². The van der Waals surface area contributed by atoms with Crippen LogP contribution in [0.1, 0.15) is 31.2 Å². The fraction of sp³-hybridized carbons (Fsp3) is 0.375. The Kier molecular flexibility index (Phi) is 4.19. The van der Waals surface area contributed by atoms with Crippen molar-refractivity contribution in [3.8, 4) is 11.3 Å². The minimum atomic E-state index is -0.0699. The topological polar surface area (TPSA) is 69.8 Å². The van der Waals surface area contributed by atoms with Gasteiger partial charge in [-0.1, -0.05) is 37.1 Å². The summed E-state index contributed by atoms with van der Waals surface area (Å²) >= 11 is 0. The predicted molar refractivity (Wildman–Crippen MR) is 81.7 cm³/mol. The number of carbonyl (C=O) groups is 1. The Balaban J connectivity index is 1.50. The number of hydrogen-bond donors (Lipinski definition) is 3. The van der Waals surface area contributed by atoms with E-state index in [1.165, 1.54) is 12.8 Å². The van der Waals surface area contributed by atoms with E-state index in [2.05, 4.69) is 20.8 Å². The Morgan fingerprint density at radius 2 is 1.95 bits per heavy atom. The van der Waals surface area contributed by atoms with Crippen molar-refractivity contribution >= 4 is 6.03 Å². The first-order chi connectivity index (χ1) is 10.3. The lowest BCUT2D eigenvalue weighted by molar-refractivity contribution is 0.236. The first-order valence-corrected chi connectivity index (χ1v) is 7.44. The molecule has 3 rings (SSSR count). The van der Waals surface area contributed by atoms with Gasteiger partial charge in [0.05, 0.1) is 5.69 Å². The van der Waals surface area contributed by atoms with Gasteiger partial charge in [0.2, 0.25) is 0 Å². The number of nitrogens with one attached hydrogen (secondary N) is 3. The number of benzene rings is 1. The fourth-order valence-corrected chi connectivity index (χ4v) is 2.71. The normalized spacial score (nSPS) is 15.0. The maximum absolute atomic E-state index is 11.8. The molecule has 5 nitrogen and oxygen atoms in total. The maximum atomic E-state index is 11.8. The number of aromatic nitrogens is 2. The van der Waals surface area contributed by atoms with Crippen LogP contribution in [0.3, 0.4) is 0 Å². The maximum Gasteiger partial charge on any atom is 0.315 e. The lowest BCUT2D eigenvalue weighted by Crippen LogP contribution is -2.40. The summed E-state index contributed by atoms with van der Waals surface area (Å²) in [6.45, 7) is 0.543. The van der Waals surface area contributed by atoms with Crippen molar-refractivity contribution in [3.05, 3.63) is 42.1 Å². The van der Waals surface area contributed by atoms with Crippen LogP contribution in [0.15, 0.2) is 36.5 Å². The third kappa shape index (κ3) is 3.62. The number of carbonyl (C=O) groups excluding carboxylic acids is 1. The monoisotopic (exact) mass is 284 g/mol. The molecular weight excluding hydrogens is 264 g/mol. The van der Waals surface area contributed by atoms with E-state index in [1.54, 1.807) is 6.20 Å². The zero-order valence-electron chi connectivity index (χ0n) is 11.9. The molecule has 0 unspecified atom stereocenters. The molecule has 1 saturated carbocycles. The van der Waals surface area contributed by atoms with Crippen LogP contribution < -0.4 is 10.6 Å². The van der Waals surface area contributed by atoms with E-state index in [0.29, 0.717) is 12.6 Å². The summed E-state index contributed by atoms with van der Waals surface area (Å²) in [5.74, 6) is 0. The molecule has 3 N–H and O–H groups in total. The largest absolute Gasteiger partial charge is 0.335 e. The first-order valence-electron chi connectivity index (χ1n) is 7.44. The summed E-state index contributed by atoms with van der Waals surface area (Å²) in [5.41, 5.74) is 3.17. The third-order valence-electron chi connectivity index (χ3n) is 3.91. The number of hydrogen-bond acceptors (Lipinski definition) is 2. The van der Waals surface area contributed by atoms with E-state index < -0.39 is 0 Å². The molecule has 1 aliphatic carbocycles. The Morgan fingerprint density at radius 1 is 1.19 bits per heavy atom. The number of rotatable bonds is 4. The van der Waals surface area contributed by atoms with Crippen molar-refractivity contribution in [2.45, 2.75) is 38.3 Å². The highest BCUT2D eigenvalue weighted by atomic mass is 16.2. The van der Waals surface area contributed by atoms with Crippen molar-refractivity contribution < 1.29 is 4.79 Å². The van der Waals surface area contributed by atoms with E-state index in [9.17, 15) is 4.79 Å². The van der Waals surface area contributed by atoms with Gasteiger partial charge in [-0.05, 0) is 30.0 Å². The molecule has 1 aromatic carbocycles. The van der Waals surface area contributed by atoms with Crippen LogP contribution in [-0.4, -0.2) is 22.3 Å². The summed E-state index contributed by atoms with van der Waals surface area (Å²) in [7, 11) is 0. The van der Waals surface area contributed by atoms with E-state index in [-0.39, 0.29) is 6.03 Å². The van der Waals surface area contributed by atoms with Gasteiger partial charge in [0.15, 0.2) is 0 Å². The van der Waals surface area contributed by atoms with Crippen LogP contribution >= 0.6 is 0 Å². The molecule has 2 amide bonds. The minimum absolute atomic E-state index is 0.0699. The van der Waals surface area contributed by atoms with Crippen LogP contribution in [-0.2, 0) is 6.54 Å². The number of nitrogens with zero attached hydrogens (tertiary/aromatic N) is 1. The summed E-state index contributed by atoms with van der Waals surface area (Å²) in [5, 5.41) is 12.8. The molecule has 0 aliphatic heterocycles. The number of aromatic amines is 1. The number of urea groups is 1. The van der Waals surface area contributed by atoms with Gasteiger partial charge < -0.3 is 10.6 Å². The Bertz CT molecular complexity index is 571. The van der Waals surface area contributed by atoms with Crippen molar-refractivity contribution in [3.63, 3.8) is 0 Å². The molecule has 1 aromatic heterocycles. The molecule has 21 heavy (non-hydrogen) atoms. The second-order valence-corrected chi connectivity index (χ2v) is 5.48. The third-order valence-corrected chi connectivity index (χ3v) is 3.91. The van der Waals surface area contributed by atoms with Crippen LogP contribution in [0.5, 0.6) is 0 Å². The van der Waals surface area contributed by atoms with E-state index in [1.807, 2.05) is 30.3 Å². The van der Waals surface area contributed by atoms with Gasteiger partial charge in [0.25, 0.3) is 0 Å². The molecule has 5 heteroatoms. The van der Waals surface area contributed by atoms with Crippen molar-refractivity contribution in [2.24, 2.45) is 0 Å². The molecule has 0 radical (unpaired) electrons. The van der Waals surface area contributed by atoms with Crippen molar-refractivity contribution in [2.75, 3.05) is 0 Å². The molecule has 1 heterocycles. The quantitative estimate of drug-likeness (QED) is 0.808. The molecular formula is C16H20N4O. The van der Waals surface area contributed by atoms with Crippen LogP contribution in [0.2, 0.25) is 0 Å². The van der Waals surface area contributed by atoms with Crippen molar-refractivity contribution in [1.82, 2.24) is 20.8 Å². The average molecular weight is 284 g/mol. The molecule has 0 atom stereocenters. The zero-order chi connectivity index (χ0) is 14.5. The Labute approximate surface area is 124 Å². The lowest BCUT2D eigenvalue weighted by atomic mass is 10.1. The summed E-state index contributed by atoms with van der Waals surface area (Å²) in [4.78, 5) is 11.8. The zero-order valence-corrected chi connectivity index (χ0v) is 11.9. The molecule has 0 bridgehead atoms. The highest BCUT2D eigenvalue weighted by Crippen LogP contribution is 2.18. The number of H-pyrrole nitrogens is 1. The van der Waals surface area contributed by atoms with Gasteiger partial charge in [-0.15, -0.1) is 0 Å². The molecule has 1 fully saturated rings. The van der Waals surface area contributed by atoms with Gasteiger partial charge in [-0.2, -0.15) is 5.10 Å². The van der Waals surface area contributed by atoms with E-state index >= 15 is 0 Å². The van der Waals surface area contributed by atoms with Crippen LogP contribution in [0.4, 0.5) is 4.79 Å². The smallest absolute Gasteiger partial charge is 0.315 e. The summed E-state index contributed by atoms with van der Waals surface area (Å²) in [6, 6.07) is 10.3. The molecule has 1 aliphatic rings. The van der Waals surface area contributed by atoms with Crippen LogP contribution in [0, 0.1) is 0 Å². The fourth-order valence-electron chi connectivity index (χ4n) is 2.71. The highest BCUT2D eigenvalue weighted by Gasteiger charge is 2.16. The molecule has 2 aromatic rings. The molecule has 0 spiro atoms. The van der Waals surface area contributed by atoms with Gasteiger partial charge in [-0.3, -0.25) is 5.10 Å². The Hall–Kier alpha value is -2.30. The second kappa shape index (κ2) is 6.43. The highest BCUT2D eigenvalue weighted by molar-refractivity contribution is 5.74. The molecule has 110 valence electrons. The summed E-state index contributed by atoms with van der Waals surface area (Å²) in [6.07, 6.45) is 6.39. The van der Waals surface area contributed by atoms with Gasteiger partial charge in [-0.25, -0.2) is 4.79 Å². The predicted octanol–water partition coefficient (Wildman–Crippen LogP) is 2.82. The lowest BCUT2D eigenvalue weighted by Gasteiger charge is -2.13. The summed E-state index contributed by atoms with van der Waals surface area (Å²) < 4.78 is 0. The van der Waals surface area contributed by atoms with E-state index in [0.717, 1.165) is 29.7 Å². The SMILES string of the molecule is O=C(NCc1ccc(-c2ccn[nH]2)cc1)NC1CCCC1. The minimum Gasteiger partial charge on any atom is -0.335 e. The van der Waals surface area contributed by atoms with Crippen LogP contribution in [0.25, 0.3) is 11.3 Å². The second-order valence-electron chi connectivity index (χ2n) is 5.48. The Morgan fingerprint density at radius 3 is 2.62 bits per heavy atom. The van der Waals surface area contributed by atoms with E-state index in [4.69, 9.17) is 0 Å². The standard InChI is InChI=1S/C16H20N4O/c21-16(19-14-3-1-2-4-14)17-11-12-5-7-13(8-6-12)15-9-10-18-20-15/h5-10,14H,1-4,11H2,(H,18,20)(H2,17,19,21).